The maximum atomic E-state index is 12.5. The fraction of sp³-hybridized carbons (Fsp3) is 0.904. The van der Waals surface area contributed by atoms with Crippen molar-refractivity contribution in [1.29, 1.82) is 0 Å². The topological polar surface area (TPSA) is 95.9 Å². The standard InChI is InChI=1S/C83H159NO5/c1-3-5-7-9-11-13-15-17-19-20-42-46-49-53-57-61-65-69-73-77-83(88)89-78-74-70-66-62-58-54-50-47-44-41-39-37-35-33-31-29-27-25-23-21-22-24-26-28-30-32-34-36-38-40-43-45-48-52-56-60-64-68-72-76-82(87)84-80(79-85)81(86)75-71-67-63-59-55-51-18-16-14-12-10-8-6-4-2/h17,19,21-22,71,75,80-81,85-86H,3-16,18,20,23-70,72-74,76-79H2,1-2H3,(H,84,87)/b19-17-,22-21-,75-71+. The molecule has 1 amide bonds. The van der Waals surface area contributed by atoms with E-state index in [0.29, 0.717) is 19.4 Å². The van der Waals surface area contributed by atoms with Gasteiger partial charge in [-0.2, -0.15) is 0 Å². The van der Waals surface area contributed by atoms with Crippen molar-refractivity contribution >= 4 is 11.9 Å². The first-order chi connectivity index (χ1) is 44.0. The molecule has 2 atom stereocenters. The van der Waals surface area contributed by atoms with Gasteiger partial charge in [-0.15, -0.1) is 0 Å². The van der Waals surface area contributed by atoms with Crippen molar-refractivity contribution in [1.82, 2.24) is 5.32 Å². The van der Waals surface area contributed by atoms with E-state index in [1.54, 1.807) is 6.08 Å². The molecule has 0 saturated carbocycles. The first kappa shape index (κ1) is 87.1. The molecule has 0 aliphatic rings. The Bertz CT molecular complexity index is 1440. The lowest BCUT2D eigenvalue weighted by Crippen LogP contribution is -2.45. The molecule has 0 radical (unpaired) electrons. The molecule has 6 nitrogen and oxygen atoms in total. The molecule has 0 rings (SSSR count). The van der Waals surface area contributed by atoms with Gasteiger partial charge >= 0.3 is 5.97 Å². The SMILES string of the molecule is CCCCCCCC/C=C\CCCCCCCCCCCC(=O)OCCCCCCCCCCCCCCCCCCCC/C=C\CCCCCCCCCCCCCCCCCCCC(=O)NC(CO)C(O)/C=C/CCCCCCCCCCCCCC. The lowest BCUT2D eigenvalue weighted by atomic mass is 10.0. The van der Waals surface area contributed by atoms with Gasteiger partial charge in [-0.3, -0.25) is 9.59 Å². The third kappa shape index (κ3) is 75.0. The summed E-state index contributed by atoms with van der Waals surface area (Å²) in [5, 5.41) is 23.2. The molecule has 0 aliphatic carbocycles. The summed E-state index contributed by atoms with van der Waals surface area (Å²) < 4.78 is 5.52. The van der Waals surface area contributed by atoms with E-state index in [4.69, 9.17) is 4.74 Å². The highest BCUT2D eigenvalue weighted by Crippen LogP contribution is 2.20. The third-order valence-corrected chi connectivity index (χ3v) is 19.1. The highest BCUT2D eigenvalue weighted by Gasteiger charge is 2.18. The van der Waals surface area contributed by atoms with Gasteiger partial charge < -0.3 is 20.3 Å². The number of carbonyl (C=O) groups is 2. The van der Waals surface area contributed by atoms with Crippen LogP contribution in [0.3, 0.4) is 0 Å². The van der Waals surface area contributed by atoms with Crippen molar-refractivity contribution in [3.8, 4) is 0 Å². The highest BCUT2D eigenvalue weighted by atomic mass is 16.5. The van der Waals surface area contributed by atoms with Crippen LogP contribution in [-0.2, 0) is 14.3 Å². The summed E-state index contributed by atoms with van der Waals surface area (Å²) in [6.45, 7) is 4.94. The molecule has 0 aromatic carbocycles. The van der Waals surface area contributed by atoms with E-state index in [9.17, 15) is 19.8 Å². The zero-order valence-corrected chi connectivity index (χ0v) is 60.4. The van der Waals surface area contributed by atoms with E-state index in [0.717, 1.165) is 38.5 Å². The van der Waals surface area contributed by atoms with Crippen LogP contribution in [0, 0.1) is 0 Å². The number of ether oxygens (including phenoxy) is 1. The summed E-state index contributed by atoms with van der Waals surface area (Å²) >= 11 is 0. The Balaban J connectivity index is 3.31. The second-order valence-electron chi connectivity index (χ2n) is 28.1. The molecule has 0 fully saturated rings. The van der Waals surface area contributed by atoms with Crippen LogP contribution >= 0.6 is 0 Å². The van der Waals surface area contributed by atoms with Crippen molar-refractivity contribution in [2.45, 2.75) is 469 Å². The Hall–Kier alpha value is -1.92. The van der Waals surface area contributed by atoms with Gasteiger partial charge in [0.2, 0.25) is 5.91 Å². The Labute approximate surface area is 557 Å². The second kappa shape index (κ2) is 78.5. The summed E-state index contributed by atoms with van der Waals surface area (Å²) in [6, 6.07) is -0.624. The number of rotatable bonds is 77. The van der Waals surface area contributed by atoms with Gasteiger partial charge in [0.1, 0.15) is 0 Å². The molecule has 0 aromatic rings. The fourth-order valence-electron chi connectivity index (χ4n) is 12.9. The molecule has 0 aliphatic heterocycles. The molecular formula is C83H159NO5. The van der Waals surface area contributed by atoms with Gasteiger partial charge in [-0.25, -0.2) is 0 Å². The molecular weight excluding hydrogens is 1090 g/mol. The van der Waals surface area contributed by atoms with E-state index < -0.39 is 12.1 Å². The van der Waals surface area contributed by atoms with E-state index >= 15 is 0 Å². The van der Waals surface area contributed by atoms with Crippen LogP contribution in [0.5, 0.6) is 0 Å². The highest BCUT2D eigenvalue weighted by molar-refractivity contribution is 5.76. The summed E-state index contributed by atoms with van der Waals surface area (Å²) in [5.41, 5.74) is 0. The third-order valence-electron chi connectivity index (χ3n) is 19.1. The minimum absolute atomic E-state index is 0.0226. The summed E-state index contributed by atoms with van der Waals surface area (Å²) in [4.78, 5) is 24.6. The van der Waals surface area contributed by atoms with E-state index in [-0.39, 0.29) is 18.5 Å². The summed E-state index contributed by atoms with van der Waals surface area (Å²) in [6.07, 6.45) is 103. The molecule has 0 bridgehead atoms. The zero-order chi connectivity index (χ0) is 64.2. The van der Waals surface area contributed by atoms with Crippen molar-refractivity contribution in [3.63, 3.8) is 0 Å². The average molecular weight is 1250 g/mol. The van der Waals surface area contributed by atoms with Crippen LogP contribution in [0.4, 0.5) is 0 Å². The molecule has 3 N–H and O–H groups in total. The number of amides is 1. The Morgan fingerprint density at radius 3 is 0.798 bits per heavy atom. The van der Waals surface area contributed by atoms with Gasteiger partial charge in [0.25, 0.3) is 0 Å². The monoisotopic (exact) mass is 1250 g/mol. The van der Waals surface area contributed by atoms with Gasteiger partial charge in [0, 0.05) is 12.8 Å². The largest absolute Gasteiger partial charge is 0.466 e. The quantitative estimate of drug-likeness (QED) is 0.0320. The fourth-order valence-corrected chi connectivity index (χ4v) is 12.9. The first-order valence-electron chi connectivity index (χ1n) is 40.8. The number of unbranched alkanes of at least 4 members (excludes halogenated alkanes) is 62. The van der Waals surface area contributed by atoms with Crippen molar-refractivity contribution in [3.05, 3.63) is 36.5 Å². The van der Waals surface area contributed by atoms with Gasteiger partial charge in [-0.05, 0) is 83.5 Å². The molecule has 0 aromatic heterocycles. The van der Waals surface area contributed by atoms with Crippen LogP contribution in [-0.4, -0.2) is 47.4 Å². The Kier molecular flexibility index (Phi) is 76.8. The molecule has 6 heteroatoms. The zero-order valence-electron chi connectivity index (χ0n) is 60.4. The molecule has 89 heavy (non-hydrogen) atoms. The number of aliphatic hydroxyl groups excluding tert-OH is 2. The molecule has 0 spiro atoms. The normalized spacial score (nSPS) is 12.6. The minimum Gasteiger partial charge on any atom is -0.466 e. The number of carbonyl (C=O) groups excluding carboxylic acids is 2. The summed E-state index contributed by atoms with van der Waals surface area (Å²) in [7, 11) is 0. The Morgan fingerprint density at radius 1 is 0.303 bits per heavy atom. The molecule has 0 saturated heterocycles. The van der Waals surface area contributed by atoms with Gasteiger partial charge in [0.05, 0.1) is 25.4 Å². The number of hydrogen-bond donors (Lipinski definition) is 3. The first-order valence-corrected chi connectivity index (χ1v) is 40.8. The number of hydrogen-bond acceptors (Lipinski definition) is 5. The van der Waals surface area contributed by atoms with Crippen LogP contribution in [0.2, 0.25) is 0 Å². The lowest BCUT2D eigenvalue weighted by Gasteiger charge is -2.20. The lowest BCUT2D eigenvalue weighted by molar-refractivity contribution is -0.143. The smallest absolute Gasteiger partial charge is 0.305 e. The number of allylic oxidation sites excluding steroid dienone is 5. The minimum atomic E-state index is -0.841. The van der Waals surface area contributed by atoms with Gasteiger partial charge in [0.15, 0.2) is 0 Å². The number of nitrogens with one attached hydrogen (secondary N) is 1. The Morgan fingerprint density at radius 2 is 0.528 bits per heavy atom. The van der Waals surface area contributed by atoms with Crippen molar-refractivity contribution in [2.24, 2.45) is 0 Å². The predicted molar refractivity (Wildman–Crippen MR) is 393 cm³/mol. The maximum Gasteiger partial charge on any atom is 0.305 e. The van der Waals surface area contributed by atoms with E-state index in [1.807, 2.05) is 6.08 Å². The van der Waals surface area contributed by atoms with Crippen LogP contribution in [0.1, 0.15) is 457 Å². The van der Waals surface area contributed by atoms with E-state index in [2.05, 4.69) is 43.5 Å². The number of esters is 1. The van der Waals surface area contributed by atoms with Crippen molar-refractivity contribution in [2.75, 3.05) is 13.2 Å². The van der Waals surface area contributed by atoms with Gasteiger partial charge in [-0.1, -0.05) is 397 Å². The molecule has 526 valence electrons. The summed E-state index contributed by atoms with van der Waals surface area (Å²) in [5.74, 6) is -0.0386. The molecule has 2 unspecified atom stereocenters. The molecule has 0 heterocycles. The van der Waals surface area contributed by atoms with E-state index in [1.165, 1.54) is 392 Å². The number of aliphatic hydroxyl groups is 2. The second-order valence-corrected chi connectivity index (χ2v) is 28.1. The average Bonchev–Trinajstić information content (AvgIpc) is 3.68. The predicted octanol–water partition coefficient (Wildman–Crippen LogP) is 27.0. The van der Waals surface area contributed by atoms with Crippen LogP contribution < -0.4 is 5.32 Å². The van der Waals surface area contributed by atoms with Crippen LogP contribution in [0.25, 0.3) is 0 Å². The maximum absolute atomic E-state index is 12.5. The van der Waals surface area contributed by atoms with Crippen molar-refractivity contribution < 1.29 is 24.5 Å². The van der Waals surface area contributed by atoms with Crippen LogP contribution in [0.15, 0.2) is 36.5 Å².